The Hall–Kier alpha value is -1.43. The van der Waals surface area contributed by atoms with Crippen molar-refractivity contribution in [2.45, 2.75) is 25.8 Å². The zero-order valence-electron chi connectivity index (χ0n) is 8.43. The highest BCUT2D eigenvalue weighted by molar-refractivity contribution is 5.28. The Kier molecular flexibility index (Phi) is 2.68. The molecule has 1 aromatic rings. The minimum atomic E-state index is -0.406. The summed E-state index contributed by atoms with van der Waals surface area (Å²) in [6.45, 7) is 1.47. The third-order valence-electron chi connectivity index (χ3n) is 2.93. The molecular weight excluding hydrogens is 196 g/mol. The van der Waals surface area contributed by atoms with Crippen LogP contribution in [0.15, 0.2) is 6.33 Å². The van der Waals surface area contributed by atoms with Crippen LogP contribution < -0.4 is 5.73 Å². The number of fused-ring (bicyclic) bond motifs is 1. The fourth-order valence-corrected chi connectivity index (χ4v) is 2.13. The Morgan fingerprint density at radius 3 is 3.20 bits per heavy atom. The second-order valence-electron chi connectivity index (χ2n) is 3.90. The fourth-order valence-electron chi connectivity index (χ4n) is 2.13. The fraction of sp³-hybridized carbons (Fsp3) is 0.667. The van der Waals surface area contributed by atoms with Crippen molar-refractivity contribution in [3.63, 3.8) is 0 Å². The van der Waals surface area contributed by atoms with Gasteiger partial charge in [0.1, 0.15) is 5.69 Å². The number of aryl methyl sites for hydroxylation is 1. The van der Waals surface area contributed by atoms with Crippen LogP contribution in [-0.2, 0) is 13.0 Å². The number of hydrogen-bond donors (Lipinski definition) is 1. The molecule has 0 bridgehead atoms. The zero-order valence-corrected chi connectivity index (χ0v) is 8.43. The van der Waals surface area contributed by atoms with Gasteiger partial charge in [0.05, 0.1) is 0 Å². The van der Waals surface area contributed by atoms with E-state index >= 15 is 0 Å². The van der Waals surface area contributed by atoms with Crippen molar-refractivity contribution in [1.29, 1.82) is 0 Å². The van der Waals surface area contributed by atoms with Gasteiger partial charge in [-0.1, -0.05) is 0 Å². The summed E-state index contributed by atoms with van der Waals surface area (Å²) in [5.41, 5.74) is 6.25. The van der Waals surface area contributed by atoms with Crippen LogP contribution in [0.5, 0.6) is 0 Å². The van der Waals surface area contributed by atoms with E-state index < -0.39 is 4.92 Å². The van der Waals surface area contributed by atoms with Crippen molar-refractivity contribution >= 4 is 5.82 Å². The molecule has 0 radical (unpaired) electrons. The molecule has 0 saturated carbocycles. The number of aromatic nitrogens is 2. The number of rotatable bonds is 3. The van der Waals surface area contributed by atoms with Gasteiger partial charge in [0.15, 0.2) is 0 Å². The smallest absolute Gasteiger partial charge is 0.358 e. The van der Waals surface area contributed by atoms with Gasteiger partial charge in [0.25, 0.3) is 0 Å². The molecule has 1 aromatic heterocycles. The minimum Gasteiger partial charge on any atom is -0.358 e. The van der Waals surface area contributed by atoms with Crippen LogP contribution in [-0.4, -0.2) is 21.0 Å². The van der Waals surface area contributed by atoms with Gasteiger partial charge in [0, 0.05) is 6.54 Å². The number of nitrogens with zero attached hydrogens (tertiary/aromatic N) is 3. The van der Waals surface area contributed by atoms with Crippen LogP contribution in [0, 0.1) is 16.0 Å². The highest BCUT2D eigenvalue weighted by Gasteiger charge is 2.27. The van der Waals surface area contributed by atoms with E-state index in [1.807, 2.05) is 4.57 Å². The van der Waals surface area contributed by atoms with E-state index in [0.29, 0.717) is 12.5 Å². The summed E-state index contributed by atoms with van der Waals surface area (Å²) in [7, 11) is 0. The maximum Gasteiger partial charge on any atom is 0.384 e. The van der Waals surface area contributed by atoms with E-state index in [4.69, 9.17) is 5.73 Å². The molecule has 1 atom stereocenters. The van der Waals surface area contributed by atoms with Gasteiger partial charge in [-0.2, -0.15) is 0 Å². The molecule has 6 heteroatoms. The SMILES string of the molecule is NCCC1CCn2cnc([N+](=O)[O-])c2C1. The predicted octanol–water partition coefficient (Wildman–Crippen LogP) is 0.703. The number of hydrogen-bond acceptors (Lipinski definition) is 4. The van der Waals surface area contributed by atoms with Crippen LogP contribution in [0.2, 0.25) is 0 Å². The molecule has 6 nitrogen and oxygen atoms in total. The summed E-state index contributed by atoms with van der Waals surface area (Å²) in [6.07, 6.45) is 4.26. The van der Waals surface area contributed by atoms with E-state index in [2.05, 4.69) is 4.98 Å². The molecule has 2 rings (SSSR count). The van der Waals surface area contributed by atoms with E-state index in [1.165, 1.54) is 0 Å². The average molecular weight is 210 g/mol. The Balaban J connectivity index is 2.22. The zero-order chi connectivity index (χ0) is 10.8. The van der Waals surface area contributed by atoms with Crippen molar-refractivity contribution in [2.75, 3.05) is 6.54 Å². The molecule has 1 unspecified atom stereocenters. The van der Waals surface area contributed by atoms with Crippen LogP contribution in [0.3, 0.4) is 0 Å². The lowest BCUT2D eigenvalue weighted by molar-refractivity contribution is -0.390. The third-order valence-corrected chi connectivity index (χ3v) is 2.93. The van der Waals surface area contributed by atoms with E-state index in [-0.39, 0.29) is 5.82 Å². The Labute approximate surface area is 87.2 Å². The van der Waals surface area contributed by atoms with Crippen LogP contribution in [0.4, 0.5) is 5.82 Å². The van der Waals surface area contributed by atoms with Crippen molar-refractivity contribution in [3.8, 4) is 0 Å². The first-order chi connectivity index (χ1) is 7.22. The first-order valence-corrected chi connectivity index (χ1v) is 5.11. The van der Waals surface area contributed by atoms with Gasteiger partial charge in [0.2, 0.25) is 6.33 Å². The van der Waals surface area contributed by atoms with E-state index in [0.717, 1.165) is 31.5 Å². The molecule has 0 saturated heterocycles. The third kappa shape index (κ3) is 1.85. The molecule has 0 fully saturated rings. The van der Waals surface area contributed by atoms with Crippen molar-refractivity contribution in [2.24, 2.45) is 11.7 Å². The Bertz CT molecular complexity index is 374. The molecule has 82 valence electrons. The van der Waals surface area contributed by atoms with Gasteiger partial charge >= 0.3 is 5.82 Å². The largest absolute Gasteiger partial charge is 0.384 e. The molecule has 15 heavy (non-hydrogen) atoms. The lowest BCUT2D eigenvalue weighted by atomic mass is 9.93. The molecule has 0 amide bonds. The highest BCUT2D eigenvalue weighted by Crippen LogP contribution is 2.28. The molecule has 0 spiro atoms. The Morgan fingerprint density at radius 2 is 2.53 bits per heavy atom. The molecule has 1 aliphatic heterocycles. The quantitative estimate of drug-likeness (QED) is 0.587. The molecule has 0 aliphatic carbocycles. The summed E-state index contributed by atoms with van der Waals surface area (Å²) in [4.78, 5) is 14.1. The number of nitro groups is 1. The standard InChI is InChI=1S/C9H14N4O2/c10-3-1-7-2-4-12-6-11-9(13(14)15)8(12)5-7/h6-7H,1-5,10H2. The Morgan fingerprint density at radius 1 is 1.73 bits per heavy atom. The average Bonchev–Trinajstić information content (AvgIpc) is 2.61. The van der Waals surface area contributed by atoms with Crippen molar-refractivity contribution in [3.05, 3.63) is 22.1 Å². The lowest BCUT2D eigenvalue weighted by Crippen LogP contribution is -2.21. The van der Waals surface area contributed by atoms with Crippen molar-refractivity contribution in [1.82, 2.24) is 9.55 Å². The predicted molar refractivity (Wildman–Crippen MR) is 54.4 cm³/mol. The maximum absolute atomic E-state index is 10.7. The van der Waals surface area contributed by atoms with Crippen LogP contribution >= 0.6 is 0 Å². The normalized spacial score (nSPS) is 19.9. The monoisotopic (exact) mass is 210 g/mol. The summed E-state index contributed by atoms with van der Waals surface area (Å²) in [5.74, 6) is 0.481. The summed E-state index contributed by atoms with van der Waals surface area (Å²) >= 11 is 0. The van der Waals surface area contributed by atoms with E-state index in [1.54, 1.807) is 6.33 Å². The molecule has 2 N–H and O–H groups in total. The van der Waals surface area contributed by atoms with Gasteiger partial charge in [-0.25, -0.2) is 0 Å². The van der Waals surface area contributed by atoms with Gasteiger partial charge in [-0.05, 0) is 41.6 Å². The van der Waals surface area contributed by atoms with Gasteiger partial charge in [-0.3, -0.25) is 0 Å². The summed E-state index contributed by atoms with van der Waals surface area (Å²) < 4.78 is 1.88. The second kappa shape index (κ2) is 3.98. The van der Waals surface area contributed by atoms with Gasteiger partial charge in [-0.15, -0.1) is 0 Å². The number of imidazole rings is 1. The summed E-state index contributed by atoms with van der Waals surface area (Å²) in [5, 5.41) is 10.7. The second-order valence-corrected chi connectivity index (χ2v) is 3.90. The number of nitrogens with two attached hydrogens (primary N) is 1. The van der Waals surface area contributed by atoms with Gasteiger partial charge < -0.3 is 20.4 Å². The van der Waals surface area contributed by atoms with E-state index in [9.17, 15) is 10.1 Å². The molecule has 0 aromatic carbocycles. The highest BCUT2D eigenvalue weighted by atomic mass is 16.6. The van der Waals surface area contributed by atoms with Crippen LogP contribution in [0.1, 0.15) is 18.5 Å². The molecule has 2 heterocycles. The molecule has 1 aliphatic rings. The molecular formula is C9H14N4O2. The van der Waals surface area contributed by atoms with Crippen molar-refractivity contribution < 1.29 is 4.92 Å². The lowest BCUT2D eigenvalue weighted by Gasteiger charge is -2.21. The minimum absolute atomic E-state index is 0.0109. The maximum atomic E-state index is 10.7. The summed E-state index contributed by atoms with van der Waals surface area (Å²) in [6, 6.07) is 0. The first-order valence-electron chi connectivity index (χ1n) is 5.11. The first kappa shape index (κ1) is 10.1. The topological polar surface area (TPSA) is 87.0 Å². The van der Waals surface area contributed by atoms with Crippen LogP contribution in [0.25, 0.3) is 0 Å².